The van der Waals surface area contributed by atoms with E-state index in [-0.39, 0.29) is 5.03 Å². The first-order valence-corrected chi connectivity index (χ1v) is 8.38. The number of aromatic nitrogens is 1. The van der Waals surface area contributed by atoms with Crippen LogP contribution in [-0.4, -0.2) is 44.5 Å². The number of nitrogens with zero attached hydrogens (tertiary/aromatic N) is 2. The minimum atomic E-state index is -3.53. The Hall–Kier alpha value is -1.02. The van der Waals surface area contributed by atoms with Crippen LogP contribution in [0.25, 0.3) is 0 Å². The average Bonchev–Trinajstić information content (AvgIpc) is 2.46. The minimum Gasteiger partial charge on any atom is -0.326 e. The maximum absolute atomic E-state index is 12.0. The molecule has 1 heterocycles. The van der Waals surface area contributed by atoms with Crippen LogP contribution in [-0.2, 0) is 16.6 Å². The Kier molecular flexibility index (Phi) is 7.08. The molecule has 1 rings (SSSR count). The molecule has 0 aliphatic heterocycles. The number of likely N-dealkylation sites (N-methyl/N-ethyl adjacent to an activating group) is 1. The van der Waals surface area contributed by atoms with E-state index in [1.54, 1.807) is 6.07 Å². The highest BCUT2D eigenvalue weighted by Crippen LogP contribution is 2.06. The molecule has 0 amide bonds. The minimum absolute atomic E-state index is 0.0354. The largest absolute Gasteiger partial charge is 0.326 e. The first-order valence-electron chi connectivity index (χ1n) is 6.90. The van der Waals surface area contributed by atoms with Gasteiger partial charge in [-0.3, -0.25) is 0 Å². The molecule has 0 atom stereocenters. The predicted molar refractivity (Wildman–Crippen MR) is 79.7 cm³/mol. The van der Waals surface area contributed by atoms with Crippen LogP contribution in [0.1, 0.15) is 25.8 Å². The summed E-state index contributed by atoms with van der Waals surface area (Å²) in [7, 11) is -3.53. The van der Waals surface area contributed by atoms with Crippen LogP contribution in [0.15, 0.2) is 23.4 Å². The van der Waals surface area contributed by atoms with Crippen LogP contribution in [0.3, 0.4) is 0 Å². The lowest BCUT2D eigenvalue weighted by molar-refractivity contribution is 0.293. The van der Waals surface area contributed by atoms with Crippen LogP contribution in [0.2, 0.25) is 0 Å². The van der Waals surface area contributed by atoms with E-state index in [1.165, 1.54) is 12.3 Å². The molecular formula is C13H24N4O2S. The summed E-state index contributed by atoms with van der Waals surface area (Å²) in [5, 5.41) is 0.0354. The molecule has 1 aromatic heterocycles. The number of rotatable bonds is 9. The van der Waals surface area contributed by atoms with E-state index in [0.29, 0.717) is 19.6 Å². The molecule has 0 fully saturated rings. The second kappa shape index (κ2) is 8.31. The first kappa shape index (κ1) is 17.0. The van der Waals surface area contributed by atoms with Gasteiger partial charge in [0.25, 0.3) is 10.0 Å². The SMILES string of the molecule is CCCN(CC)CCNS(=O)(=O)c1ccc(CN)cn1. The van der Waals surface area contributed by atoms with Gasteiger partial charge >= 0.3 is 0 Å². The molecule has 20 heavy (non-hydrogen) atoms. The predicted octanol–water partition coefficient (Wildman–Crippen LogP) is 0.551. The van der Waals surface area contributed by atoms with E-state index >= 15 is 0 Å². The number of hydrogen-bond acceptors (Lipinski definition) is 5. The summed E-state index contributed by atoms with van der Waals surface area (Å²) in [5.41, 5.74) is 6.26. The normalized spacial score (nSPS) is 12.0. The lowest BCUT2D eigenvalue weighted by Crippen LogP contribution is -2.35. The highest BCUT2D eigenvalue weighted by molar-refractivity contribution is 7.89. The molecule has 114 valence electrons. The molecular weight excluding hydrogens is 276 g/mol. The molecule has 1 aromatic rings. The maximum atomic E-state index is 12.0. The van der Waals surface area contributed by atoms with Crippen LogP contribution < -0.4 is 10.5 Å². The van der Waals surface area contributed by atoms with Gasteiger partial charge in [-0.05, 0) is 31.1 Å². The molecule has 0 bridgehead atoms. The van der Waals surface area contributed by atoms with E-state index in [0.717, 1.165) is 25.1 Å². The molecule has 3 N–H and O–H groups in total. The van der Waals surface area contributed by atoms with Gasteiger partial charge in [-0.2, -0.15) is 0 Å². The maximum Gasteiger partial charge on any atom is 0.258 e. The van der Waals surface area contributed by atoms with Crippen LogP contribution in [0.4, 0.5) is 0 Å². The van der Waals surface area contributed by atoms with Gasteiger partial charge in [0.05, 0.1) is 0 Å². The van der Waals surface area contributed by atoms with Crippen LogP contribution in [0.5, 0.6) is 0 Å². The summed E-state index contributed by atoms with van der Waals surface area (Å²) in [5.74, 6) is 0. The van der Waals surface area contributed by atoms with Crippen molar-refractivity contribution >= 4 is 10.0 Å². The van der Waals surface area contributed by atoms with E-state index < -0.39 is 10.0 Å². The molecule has 0 unspecified atom stereocenters. The van der Waals surface area contributed by atoms with Crippen molar-refractivity contribution in [3.63, 3.8) is 0 Å². The smallest absolute Gasteiger partial charge is 0.258 e. The molecule has 0 aromatic carbocycles. The topological polar surface area (TPSA) is 88.3 Å². The molecule has 0 radical (unpaired) electrons. The van der Waals surface area contributed by atoms with Gasteiger partial charge in [-0.25, -0.2) is 18.1 Å². The first-order chi connectivity index (χ1) is 9.53. The van der Waals surface area contributed by atoms with Crippen LogP contribution in [0, 0.1) is 0 Å². The lowest BCUT2D eigenvalue weighted by atomic mass is 10.3. The fourth-order valence-corrected chi connectivity index (χ4v) is 2.79. The van der Waals surface area contributed by atoms with Crippen molar-refractivity contribution in [3.8, 4) is 0 Å². The zero-order valence-electron chi connectivity index (χ0n) is 12.2. The summed E-state index contributed by atoms with van der Waals surface area (Å²) >= 11 is 0. The molecule has 0 saturated heterocycles. The van der Waals surface area contributed by atoms with Gasteiger partial charge in [0.1, 0.15) is 0 Å². The van der Waals surface area contributed by atoms with Crippen molar-refractivity contribution in [2.75, 3.05) is 26.2 Å². The van der Waals surface area contributed by atoms with Gasteiger partial charge in [-0.1, -0.05) is 19.9 Å². The Morgan fingerprint density at radius 2 is 2.05 bits per heavy atom. The highest BCUT2D eigenvalue weighted by Gasteiger charge is 2.15. The molecule has 0 spiro atoms. The Balaban J connectivity index is 2.56. The summed E-state index contributed by atoms with van der Waals surface area (Å²) in [6.07, 6.45) is 2.55. The second-order valence-electron chi connectivity index (χ2n) is 4.54. The summed E-state index contributed by atoms with van der Waals surface area (Å²) in [4.78, 5) is 6.13. The molecule has 0 aliphatic rings. The average molecular weight is 300 g/mol. The summed E-state index contributed by atoms with van der Waals surface area (Å²) in [6, 6.07) is 3.16. The van der Waals surface area contributed by atoms with Crippen molar-refractivity contribution in [2.24, 2.45) is 5.73 Å². The third kappa shape index (κ3) is 5.16. The van der Waals surface area contributed by atoms with Gasteiger partial charge in [0.2, 0.25) is 0 Å². The molecule has 0 aliphatic carbocycles. The van der Waals surface area contributed by atoms with Crippen molar-refractivity contribution in [1.29, 1.82) is 0 Å². The van der Waals surface area contributed by atoms with E-state index in [9.17, 15) is 8.42 Å². The standard InChI is InChI=1S/C13H24N4O2S/c1-3-8-17(4-2)9-7-16-20(18,19)13-6-5-12(10-14)11-15-13/h5-6,11,16H,3-4,7-10,14H2,1-2H3. The number of pyridine rings is 1. The second-order valence-corrected chi connectivity index (χ2v) is 6.25. The van der Waals surface area contributed by atoms with E-state index in [2.05, 4.69) is 28.5 Å². The third-order valence-corrected chi connectivity index (χ3v) is 4.39. The number of nitrogens with one attached hydrogen (secondary N) is 1. The number of nitrogens with two attached hydrogens (primary N) is 1. The zero-order valence-corrected chi connectivity index (χ0v) is 13.0. The number of hydrogen-bond donors (Lipinski definition) is 2. The van der Waals surface area contributed by atoms with Crippen molar-refractivity contribution in [3.05, 3.63) is 23.9 Å². The van der Waals surface area contributed by atoms with Gasteiger partial charge in [0, 0.05) is 25.8 Å². The van der Waals surface area contributed by atoms with Gasteiger partial charge < -0.3 is 10.6 Å². The summed E-state index contributed by atoms with van der Waals surface area (Å²) in [6.45, 7) is 7.50. The Bertz CT molecular complexity index is 488. The fraction of sp³-hybridized carbons (Fsp3) is 0.615. The monoisotopic (exact) mass is 300 g/mol. The summed E-state index contributed by atoms with van der Waals surface area (Å²) < 4.78 is 26.6. The van der Waals surface area contributed by atoms with Crippen LogP contribution >= 0.6 is 0 Å². The van der Waals surface area contributed by atoms with E-state index in [1.807, 2.05) is 0 Å². The lowest BCUT2D eigenvalue weighted by Gasteiger charge is -2.19. The highest BCUT2D eigenvalue weighted by atomic mass is 32.2. The fourth-order valence-electron chi connectivity index (χ4n) is 1.85. The Labute approximate surface area is 121 Å². The molecule has 6 nitrogen and oxygen atoms in total. The van der Waals surface area contributed by atoms with Gasteiger partial charge in [-0.15, -0.1) is 0 Å². The van der Waals surface area contributed by atoms with Crippen molar-refractivity contribution in [1.82, 2.24) is 14.6 Å². The quantitative estimate of drug-likeness (QED) is 0.695. The number of sulfonamides is 1. The molecule has 7 heteroatoms. The third-order valence-electron chi connectivity index (χ3n) is 3.02. The van der Waals surface area contributed by atoms with Crippen molar-refractivity contribution in [2.45, 2.75) is 31.8 Å². The zero-order chi connectivity index (χ0) is 15.0. The van der Waals surface area contributed by atoms with Gasteiger partial charge in [0.15, 0.2) is 5.03 Å². The molecule has 0 saturated carbocycles. The Morgan fingerprint density at radius 3 is 2.55 bits per heavy atom. The van der Waals surface area contributed by atoms with E-state index in [4.69, 9.17) is 5.73 Å². The Morgan fingerprint density at radius 1 is 1.30 bits per heavy atom. The van der Waals surface area contributed by atoms with Crippen molar-refractivity contribution < 1.29 is 8.42 Å².